The number of hydrogen-bond donors (Lipinski definition) is 1. The molecule has 0 saturated carbocycles. The molecule has 82 valence electrons. The van der Waals surface area contributed by atoms with E-state index in [1.165, 1.54) is 6.07 Å². The zero-order valence-corrected chi connectivity index (χ0v) is 9.48. The molecule has 1 atom stereocenters. The molecule has 15 heavy (non-hydrogen) atoms. The SMILES string of the molecule is Fc1cc(F)c(C2COCCN2)cc1Br. The second-order valence-corrected chi connectivity index (χ2v) is 4.22. The summed E-state index contributed by atoms with van der Waals surface area (Å²) in [7, 11) is 0. The molecule has 0 bridgehead atoms. The van der Waals surface area contributed by atoms with Gasteiger partial charge in [-0.25, -0.2) is 8.78 Å². The highest BCUT2D eigenvalue weighted by Crippen LogP contribution is 2.25. The second-order valence-electron chi connectivity index (χ2n) is 3.37. The predicted molar refractivity (Wildman–Crippen MR) is 55.6 cm³/mol. The minimum atomic E-state index is -0.590. The smallest absolute Gasteiger partial charge is 0.140 e. The number of benzene rings is 1. The molecular weight excluding hydrogens is 268 g/mol. The Hall–Kier alpha value is -0.520. The van der Waals surface area contributed by atoms with Gasteiger partial charge in [-0.2, -0.15) is 0 Å². The Morgan fingerprint density at radius 3 is 2.80 bits per heavy atom. The molecule has 1 heterocycles. The molecule has 1 aliphatic rings. The number of rotatable bonds is 1. The molecule has 1 fully saturated rings. The molecule has 1 N–H and O–H groups in total. The molecule has 0 spiro atoms. The van der Waals surface area contributed by atoms with Gasteiger partial charge in [0, 0.05) is 18.2 Å². The summed E-state index contributed by atoms with van der Waals surface area (Å²) in [6.07, 6.45) is 0. The van der Waals surface area contributed by atoms with E-state index in [2.05, 4.69) is 21.2 Å². The third kappa shape index (κ3) is 2.35. The Kier molecular flexibility index (Phi) is 3.33. The van der Waals surface area contributed by atoms with E-state index in [1.807, 2.05) is 0 Å². The van der Waals surface area contributed by atoms with Gasteiger partial charge in [-0.05, 0) is 22.0 Å². The first-order valence-electron chi connectivity index (χ1n) is 4.64. The van der Waals surface area contributed by atoms with Crippen LogP contribution in [0.15, 0.2) is 16.6 Å². The highest BCUT2D eigenvalue weighted by molar-refractivity contribution is 9.10. The van der Waals surface area contributed by atoms with Crippen LogP contribution < -0.4 is 5.32 Å². The lowest BCUT2D eigenvalue weighted by Crippen LogP contribution is -2.35. The van der Waals surface area contributed by atoms with Gasteiger partial charge < -0.3 is 10.1 Å². The standard InChI is InChI=1S/C10H10BrF2NO/c11-7-3-6(8(12)4-9(7)13)10-5-15-2-1-14-10/h3-4,10,14H,1-2,5H2. The highest BCUT2D eigenvalue weighted by Gasteiger charge is 2.20. The normalized spacial score (nSPS) is 21.7. The van der Waals surface area contributed by atoms with Crippen molar-refractivity contribution in [1.29, 1.82) is 0 Å². The van der Waals surface area contributed by atoms with Gasteiger partial charge in [0.05, 0.1) is 23.7 Å². The first kappa shape index (κ1) is 11.0. The molecule has 1 aliphatic heterocycles. The van der Waals surface area contributed by atoms with Gasteiger partial charge in [0.25, 0.3) is 0 Å². The molecule has 2 nitrogen and oxygen atoms in total. The molecule has 1 saturated heterocycles. The highest BCUT2D eigenvalue weighted by atomic mass is 79.9. The zero-order valence-electron chi connectivity index (χ0n) is 7.90. The average Bonchev–Trinajstić information content (AvgIpc) is 2.25. The van der Waals surface area contributed by atoms with Crippen molar-refractivity contribution in [2.24, 2.45) is 0 Å². The van der Waals surface area contributed by atoms with Gasteiger partial charge in [-0.3, -0.25) is 0 Å². The van der Waals surface area contributed by atoms with Crippen LogP contribution >= 0.6 is 15.9 Å². The number of halogens is 3. The van der Waals surface area contributed by atoms with Crippen LogP contribution in [0, 0.1) is 11.6 Å². The lowest BCUT2D eigenvalue weighted by molar-refractivity contribution is 0.0757. The summed E-state index contributed by atoms with van der Waals surface area (Å²) in [4.78, 5) is 0. The molecule has 0 aliphatic carbocycles. The first-order chi connectivity index (χ1) is 7.18. The van der Waals surface area contributed by atoms with E-state index in [-0.39, 0.29) is 10.5 Å². The predicted octanol–water partition coefficient (Wildman–Crippen LogP) is 2.39. The Morgan fingerprint density at radius 2 is 2.13 bits per heavy atom. The van der Waals surface area contributed by atoms with Crippen molar-refractivity contribution in [2.75, 3.05) is 19.8 Å². The molecule has 1 unspecified atom stereocenters. The Labute approximate surface area is 94.7 Å². The molecule has 0 amide bonds. The van der Waals surface area contributed by atoms with Gasteiger partial charge in [-0.1, -0.05) is 0 Å². The van der Waals surface area contributed by atoms with Gasteiger partial charge in [0.2, 0.25) is 0 Å². The van der Waals surface area contributed by atoms with Crippen LogP contribution in [0.3, 0.4) is 0 Å². The molecular formula is C10H10BrF2NO. The molecule has 0 aromatic heterocycles. The Bertz CT molecular complexity index is 367. The Balaban J connectivity index is 2.30. The van der Waals surface area contributed by atoms with Crippen molar-refractivity contribution in [3.63, 3.8) is 0 Å². The zero-order chi connectivity index (χ0) is 10.8. The van der Waals surface area contributed by atoms with Crippen molar-refractivity contribution in [3.05, 3.63) is 33.8 Å². The Morgan fingerprint density at radius 1 is 1.33 bits per heavy atom. The summed E-state index contributed by atoms with van der Waals surface area (Å²) >= 11 is 3.04. The topological polar surface area (TPSA) is 21.3 Å². The van der Waals surface area contributed by atoms with Crippen LogP contribution in [0.1, 0.15) is 11.6 Å². The van der Waals surface area contributed by atoms with Crippen molar-refractivity contribution in [1.82, 2.24) is 5.32 Å². The first-order valence-corrected chi connectivity index (χ1v) is 5.43. The summed E-state index contributed by atoms with van der Waals surface area (Å²) in [5, 5.41) is 3.11. The van der Waals surface area contributed by atoms with Gasteiger partial charge in [0.15, 0.2) is 0 Å². The third-order valence-electron chi connectivity index (χ3n) is 2.34. The van der Waals surface area contributed by atoms with E-state index < -0.39 is 11.6 Å². The lowest BCUT2D eigenvalue weighted by Gasteiger charge is -2.24. The molecule has 5 heteroatoms. The van der Waals surface area contributed by atoms with E-state index in [9.17, 15) is 8.78 Å². The summed E-state index contributed by atoms with van der Waals surface area (Å²) in [6.45, 7) is 1.72. The van der Waals surface area contributed by atoms with E-state index >= 15 is 0 Å². The molecule has 2 rings (SSSR count). The van der Waals surface area contributed by atoms with Crippen molar-refractivity contribution in [3.8, 4) is 0 Å². The number of nitrogens with one attached hydrogen (secondary N) is 1. The van der Waals surface area contributed by atoms with E-state index in [0.29, 0.717) is 25.3 Å². The quantitative estimate of drug-likeness (QED) is 0.796. The molecule has 1 aromatic carbocycles. The lowest BCUT2D eigenvalue weighted by atomic mass is 10.1. The number of hydrogen-bond acceptors (Lipinski definition) is 2. The minimum absolute atomic E-state index is 0.198. The average molecular weight is 278 g/mol. The van der Waals surface area contributed by atoms with Crippen LogP contribution in [0.2, 0.25) is 0 Å². The second kappa shape index (κ2) is 4.55. The van der Waals surface area contributed by atoms with Crippen molar-refractivity contribution in [2.45, 2.75) is 6.04 Å². The number of morpholine rings is 1. The largest absolute Gasteiger partial charge is 0.378 e. The van der Waals surface area contributed by atoms with Crippen molar-refractivity contribution >= 4 is 15.9 Å². The summed E-state index contributed by atoms with van der Waals surface area (Å²) in [6, 6.07) is 2.14. The molecule has 0 radical (unpaired) electrons. The van der Waals surface area contributed by atoms with Crippen LogP contribution in [-0.2, 0) is 4.74 Å². The van der Waals surface area contributed by atoms with E-state index in [1.54, 1.807) is 0 Å². The summed E-state index contributed by atoms with van der Waals surface area (Å²) < 4.78 is 31.9. The van der Waals surface area contributed by atoms with Gasteiger partial charge >= 0.3 is 0 Å². The third-order valence-corrected chi connectivity index (χ3v) is 2.94. The molecule has 1 aromatic rings. The monoisotopic (exact) mass is 277 g/mol. The van der Waals surface area contributed by atoms with Crippen molar-refractivity contribution < 1.29 is 13.5 Å². The number of ether oxygens (including phenoxy) is 1. The maximum Gasteiger partial charge on any atom is 0.140 e. The fourth-order valence-corrected chi connectivity index (χ4v) is 1.93. The van der Waals surface area contributed by atoms with Gasteiger partial charge in [-0.15, -0.1) is 0 Å². The van der Waals surface area contributed by atoms with Crippen LogP contribution in [0.5, 0.6) is 0 Å². The van der Waals surface area contributed by atoms with E-state index in [4.69, 9.17) is 4.74 Å². The maximum absolute atomic E-state index is 13.5. The van der Waals surface area contributed by atoms with E-state index in [0.717, 1.165) is 6.07 Å². The maximum atomic E-state index is 13.5. The van der Waals surface area contributed by atoms with Crippen LogP contribution in [-0.4, -0.2) is 19.8 Å². The summed E-state index contributed by atoms with van der Waals surface area (Å²) in [5.41, 5.74) is 0.433. The fourth-order valence-electron chi connectivity index (χ4n) is 1.57. The van der Waals surface area contributed by atoms with Crippen LogP contribution in [0.25, 0.3) is 0 Å². The summed E-state index contributed by atoms with van der Waals surface area (Å²) in [5.74, 6) is -1.13. The fraction of sp³-hybridized carbons (Fsp3) is 0.400. The van der Waals surface area contributed by atoms with Gasteiger partial charge in [0.1, 0.15) is 11.6 Å². The minimum Gasteiger partial charge on any atom is -0.378 e. The van der Waals surface area contributed by atoms with Crippen LogP contribution in [0.4, 0.5) is 8.78 Å².